The van der Waals surface area contributed by atoms with Gasteiger partial charge in [-0.3, -0.25) is 4.79 Å². The number of carbonyl (C=O) groups excluding carboxylic acids is 1. The topological polar surface area (TPSA) is 38.3 Å². The van der Waals surface area contributed by atoms with E-state index in [4.69, 9.17) is 27.9 Å². The van der Waals surface area contributed by atoms with E-state index in [-0.39, 0.29) is 23.2 Å². The van der Waals surface area contributed by atoms with Crippen molar-refractivity contribution in [3.63, 3.8) is 0 Å². The molecule has 3 nitrogen and oxygen atoms in total. The van der Waals surface area contributed by atoms with Crippen LogP contribution in [0.1, 0.15) is 5.56 Å². The Kier molecular flexibility index (Phi) is 4.23. The Bertz CT molecular complexity index is 736. The molecule has 0 aliphatic carbocycles. The van der Waals surface area contributed by atoms with Crippen LogP contribution in [0, 0.1) is 11.7 Å². The lowest BCUT2D eigenvalue weighted by atomic mass is 9.96. The molecule has 0 spiro atoms. The molecule has 2 aromatic carbocycles. The van der Waals surface area contributed by atoms with Crippen molar-refractivity contribution in [2.45, 2.75) is 6.42 Å². The Morgan fingerprint density at radius 3 is 2.91 bits per heavy atom. The monoisotopic (exact) mass is 339 g/mol. The number of fused-ring (bicyclic) bond motifs is 1. The minimum absolute atomic E-state index is 0.0326. The third kappa shape index (κ3) is 3.03. The van der Waals surface area contributed by atoms with Gasteiger partial charge in [-0.25, -0.2) is 4.39 Å². The van der Waals surface area contributed by atoms with Gasteiger partial charge in [-0.1, -0.05) is 29.3 Å². The van der Waals surface area contributed by atoms with Crippen LogP contribution in [0.3, 0.4) is 0 Å². The second kappa shape index (κ2) is 6.15. The molecule has 1 aliphatic rings. The van der Waals surface area contributed by atoms with Gasteiger partial charge in [-0.05, 0) is 42.3 Å². The zero-order valence-electron chi connectivity index (χ0n) is 11.4. The van der Waals surface area contributed by atoms with E-state index in [0.717, 1.165) is 11.3 Å². The van der Waals surface area contributed by atoms with Gasteiger partial charge in [0, 0.05) is 5.02 Å². The van der Waals surface area contributed by atoms with Crippen molar-refractivity contribution in [1.82, 2.24) is 0 Å². The van der Waals surface area contributed by atoms with Gasteiger partial charge in [0.05, 0.1) is 16.6 Å². The largest absolute Gasteiger partial charge is 0.492 e. The zero-order valence-corrected chi connectivity index (χ0v) is 12.9. The summed E-state index contributed by atoms with van der Waals surface area (Å²) in [5, 5.41) is 3.11. The zero-order chi connectivity index (χ0) is 15.7. The van der Waals surface area contributed by atoms with Gasteiger partial charge in [-0.2, -0.15) is 0 Å². The van der Waals surface area contributed by atoms with Crippen molar-refractivity contribution >= 4 is 34.8 Å². The van der Waals surface area contributed by atoms with Crippen LogP contribution in [0.4, 0.5) is 10.1 Å². The van der Waals surface area contributed by atoms with E-state index in [9.17, 15) is 9.18 Å². The Morgan fingerprint density at radius 1 is 1.27 bits per heavy atom. The molecule has 1 aliphatic heterocycles. The smallest absolute Gasteiger partial charge is 0.231 e. The minimum Gasteiger partial charge on any atom is -0.492 e. The normalized spacial score (nSPS) is 16.6. The van der Waals surface area contributed by atoms with Gasteiger partial charge in [-0.15, -0.1) is 0 Å². The summed E-state index contributed by atoms with van der Waals surface area (Å²) >= 11 is 11.7. The predicted octanol–water partition coefficient (Wildman–Crippen LogP) is 4.32. The predicted molar refractivity (Wildman–Crippen MR) is 84.2 cm³/mol. The third-order valence-corrected chi connectivity index (χ3v) is 4.04. The molecule has 1 amide bonds. The van der Waals surface area contributed by atoms with Crippen LogP contribution in [0.2, 0.25) is 10.0 Å². The molecule has 0 saturated carbocycles. The fourth-order valence-electron chi connectivity index (χ4n) is 2.37. The van der Waals surface area contributed by atoms with E-state index >= 15 is 0 Å². The lowest BCUT2D eigenvalue weighted by Gasteiger charge is -2.24. The van der Waals surface area contributed by atoms with Crippen molar-refractivity contribution < 1.29 is 13.9 Å². The number of nitrogens with one attached hydrogen (secondary N) is 1. The first kappa shape index (κ1) is 15.1. The summed E-state index contributed by atoms with van der Waals surface area (Å²) in [5.74, 6) is -0.642. The number of halogens is 3. The molecule has 0 fully saturated rings. The van der Waals surface area contributed by atoms with E-state index in [2.05, 4.69) is 5.32 Å². The van der Waals surface area contributed by atoms with Crippen LogP contribution in [-0.2, 0) is 11.2 Å². The molecule has 1 atom stereocenters. The third-order valence-electron chi connectivity index (χ3n) is 3.51. The van der Waals surface area contributed by atoms with Gasteiger partial charge in [0.2, 0.25) is 5.91 Å². The van der Waals surface area contributed by atoms with Crippen LogP contribution in [0.15, 0.2) is 36.4 Å². The molecular weight excluding hydrogens is 328 g/mol. The summed E-state index contributed by atoms with van der Waals surface area (Å²) < 4.78 is 19.4. The van der Waals surface area contributed by atoms with Crippen molar-refractivity contribution in [2.24, 2.45) is 5.92 Å². The highest BCUT2D eigenvalue weighted by Crippen LogP contribution is 2.30. The number of rotatable bonds is 2. The number of amides is 1. The van der Waals surface area contributed by atoms with Gasteiger partial charge in [0.15, 0.2) is 5.82 Å². The average molecular weight is 340 g/mol. The first-order valence-electron chi connectivity index (χ1n) is 6.70. The molecule has 0 aromatic heterocycles. The number of ether oxygens (including phenoxy) is 1. The van der Waals surface area contributed by atoms with Gasteiger partial charge in [0.25, 0.3) is 0 Å². The molecule has 2 aromatic rings. The highest BCUT2D eigenvalue weighted by atomic mass is 35.5. The van der Waals surface area contributed by atoms with Crippen LogP contribution >= 0.6 is 23.2 Å². The number of hydrogen-bond acceptors (Lipinski definition) is 2. The van der Waals surface area contributed by atoms with Gasteiger partial charge >= 0.3 is 0 Å². The maximum absolute atomic E-state index is 13.8. The van der Waals surface area contributed by atoms with Gasteiger partial charge < -0.3 is 10.1 Å². The van der Waals surface area contributed by atoms with Crippen molar-refractivity contribution in [2.75, 3.05) is 11.9 Å². The summed E-state index contributed by atoms with van der Waals surface area (Å²) in [5.41, 5.74) is 0.930. The van der Waals surface area contributed by atoms with Crippen LogP contribution in [0.5, 0.6) is 5.75 Å². The fraction of sp³-hybridized carbons (Fsp3) is 0.188. The number of hydrogen-bond donors (Lipinski definition) is 1. The molecule has 0 saturated heterocycles. The molecular formula is C16H12Cl2FNO2. The van der Waals surface area contributed by atoms with Crippen LogP contribution < -0.4 is 10.1 Å². The maximum atomic E-state index is 13.8. The number of anilines is 1. The van der Waals surface area contributed by atoms with Gasteiger partial charge in [0.1, 0.15) is 12.4 Å². The van der Waals surface area contributed by atoms with E-state index in [1.54, 1.807) is 24.3 Å². The fourth-order valence-corrected chi connectivity index (χ4v) is 2.74. The lowest BCUT2D eigenvalue weighted by molar-refractivity contribution is -0.121. The van der Waals surface area contributed by atoms with Crippen LogP contribution in [-0.4, -0.2) is 12.5 Å². The lowest BCUT2D eigenvalue weighted by Crippen LogP contribution is -2.32. The van der Waals surface area contributed by atoms with E-state index in [1.807, 2.05) is 0 Å². The highest BCUT2D eigenvalue weighted by molar-refractivity contribution is 6.31. The molecule has 1 N–H and O–H groups in total. The quantitative estimate of drug-likeness (QED) is 0.884. The van der Waals surface area contributed by atoms with E-state index in [1.165, 1.54) is 12.1 Å². The molecule has 3 rings (SSSR count). The van der Waals surface area contributed by atoms with Crippen LogP contribution in [0.25, 0.3) is 0 Å². The first-order valence-corrected chi connectivity index (χ1v) is 7.46. The molecule has 0 bridgehead atoms. The summed E-state index contributed by atoms with van der Waals surface area (Å²) in [4.78, 5) is 12.3. The van der Waals surface area contributed by atoms with Crippen molar-refractivity contribution in [3.8, 4) is 5.75 Å². The van der Waals surface area contributed by atoms with Crippen molar-refractivity contribution in [1.29, 1.82) is 0 Å². The number of carbonyl (C=O) groups is 1. The van der Waals surface area contributed by atoms with Crippen molar-refractivity contribution in [3.05, 3.63) is 57.8 Å². The summed E-state index contributed by atoms with van der Waals surface area (Å²) in [6.07, 6.45) is 0.490. The maximum Gasteiger partial charge on any atom is 0.231 e. The molecule has 1 heterocycles. The summed E-state index contributed by atoms with van der Waals surface area (Å²) in [6, 6.07) is 9.76. The second-order valence-electron chi connectivity index (χ2n) is 5.05. The Hall–Kier alpha value is -1.78. The Morgan fingerprint density at radius 2 is 2.09 bits per heavy atom. The summed E-state index contributed by atoms with van der Waals surface area (Å²) in [7, 11) is 0. The molecule has 22 heavy (non-hydrogen) atoms. The molecule has 0 radical (unpaired) electrons. The average Bonchev–Trinajstić information content (AvgIpc) is 2.51. The SMILES string of the molecule is O=C(Nc1cccc(Cl)c1F)C1COc2ccc(Cl)cc2C1. The van der Waals surface area contributed by atoms with E-state index in [0.29, 0.717) is 11.4 Å². The first-order chi connectivity index (χ1) is 10.5. The Balaban J connectivity index is 1.75. The molecule has 1 unspecified atom stereocenters. The molecule has 114 valence electrons. The molecule has 6 heteroatoms. The van der Waals surface area contributed by atoms with E-state index < -0.39 is 11.7 Å². The highest BCUT2D eigenvalue weighted by Gasteiger charge is 2.27. The number of benzene rings is 2. The minimum atomic E-state index is -0.641. The second-order valence-corrected chi connectivity index (χ2v) is 5.90. The standard InChI is InChI=1S/C16H12Cl2FNO2/c17-11-4-5-14-9(7-11)6-10(8-22-14)16(21)20-13-3-1-2-12(18)15(13)19/h1-5,7,10H,6,8H2,(H,20,21). The Labute approximate surface area is 137 Å². The summed E-state index contributed by atoms with van der Waals surface area (Å²) in [6.45, 7) is 0.239.